The first-order valence-electron chi connectivity index (χ1n) is 11.1. The predicted molar refractivity (Wildman–Crippen MR) is 109 cm³/mol. The average molecular weight is 367 g/mol. The Morgan fingerprint density at radius 2 is 1.00 bits per heavy atom. The van der Waals surface area contributed by atoms with Crippen molar-refractivity contribution in [2.45, 2.75) is 117 Å². The van der Waals surface area contributed by atoms with Crippen LogP contribution in [-0.4, -0.2) is 46.8 Å². The summed E-state index contributed by atoms with van der Waals surface area (Å²) in [6.07, 6.45) is 13.1. The normalized spacial score (nSPS) is 20.5. The van der Waals surface area contributed by atoms with E-state index < -0.39 is 0 Å². The van der Waals surface area contributed by atoms with E-state index in [1.807, 2.05) is 9.80 Å². The predicted octanol–water partition coefficient (Wildman–Crippen LogP) is 5.16. The van der Waals surface area contributed by atoms with E-state index in [1.165, 1.54) is 38.5 Å². The quantitative estimate of drug-likeness (QED) is 0.448. The molecule has 1 aliphatic rings. The van der Waals surface area contributed by atoms with Gasteiger partial charge in [-0.05, 0) is 26.7 Å². The maximum absolute atomic E-state index is 12.6. The zero-order chi connectivity index (χ0) is 19.4. The molecule has 152 valence electrons. The lowest BCUT2D eigenvalue weighted by Gasteiger charge is -2.44. The molecule has 1 fully saturated rings. The molecule has 0 aromatic carbocycles. The second-order valence-corrected chi connectivity index (χ2v) is 8.12. The third kappa shape index (κ3) is 8.09. The minimum Gasteiger partial charge on any atom is -0.336 e. The summed E-state index contributed by atoms with van der Waals surface area (Å²) in [6, 6.07) is 0.275. The number of unbranched alkanes of at least 4 members (excludes halogenated alkanes) is 8. The van der Waals surface area contributed by atoms with Gasteiger partial charge in [0.1, 0.15) is 0 Å². The van der Waals surface area contributed by atoms with E-state index in [9.17, 15) is 9.59 Å². The summed E-state index contributed by atoms with van der Waals surface area (Å²) in [5.41, 5.74) is 0. The van der Waals surface area contributed by atoms with Crippen LogP contribution in [0.1, 0.15) is 105 Å². The van der Waals surface area contributed by atoms with Gasteiger partial charge < -0.3 is 9.80 Å². The van der Waals surface area contributed by atoms with Crippen molar-refractivity contribution < 1.29 is 9.59 Å². The third-order valence-corrected chi connectivity index (χ3v) is 5.62. The zero-order valence-corrected chi connectivity index (χ0v) is 17.8. The highest BCUT2D eigenvalue weighted by atomic mass is 16.2. The number of carbonyl (C=O) groups is 2. The van der Waals surface area contributed by atoms with Gasteiger partial charge in [-0.1, -0.05) is 65.2 Å². The van der Waals surface area contributed by atoms with Crippen molar-refractivity contribution in [3.05, 3.63) is 0 Å². The molecule has 0 unspecified atom stereocenters. The molecule has 4 nitrogen and oxygen atoms in total. The number of hydrogen-bond acceptors (Lipinski definition) is 2. The van der Waals surface area contributed by atoms with E-state index in [-0.39, 0.29) is 23.9 Å². The highest BCUT2D eigenvalue weighted by Crippen LogP contribution is 2.19. The number of amides is 2. The molecule has 1 aliphatic heterocycles. The van der Waals surface area contributed by atoms with Crippen LogP contribution >= 0.6 is 0 Å². The highest BCUT2D eigenvalue weighted by molar-refractivity contribution is 5.79. The van der Waals surface area contributed by atoms with Gasteiger partial charge in [0.25, 0.3) is 0 Å². The molecule has 0 radical (unpaired) electrons. The van der Waals surface area contributed by atoms with Gasteiger partial charge >= 0.3 is 0 Å². The van der Waals surface area contributed by atoms with Gasteiger partial charge in [0.15, 0.2) is 0 Å². The molecule has 0 aliphatic carbocycles. The number of carbonyl (C=O) groups excluding carboxylic acids is 2. The van der Waals surface area contributed by atoms with E-state index in [2.05, 4.69) is 27.7 Å². The van der Waals surface area contributed by atoms with Crippen molar-refractivity contribution in [1.82, 2.24) is 9.80 Å². The number of nitrogens with zero attached hydrogens (tertiary/aromatic N) is 2. The fourth-order valence-electron chi connectivity index (χ4n) is 3.87. The van der Waals surface area contributed by atoms with Crippen LogP contribution < -0.4 is 0 Å². The summed E-state index contributed by atoms with van der Waals surface area (Å²) in [4.78, 5) is 29.1. The molecule has 0 aromatic rings. The molecule has 0 bridgehead atoms. The Morgan fingerprint density at radius 3 is 1.35 bits per heavy atom. The van der Waals surface area contributed by atoms with Crippen LogP contribution in [-0.2, 0) is 9.59 Å². The molecule has 1 saturated heterocycles. The highest BCUT2D eigenvalue weighted by Gasteiger charge is 2.33. The number of rotatable bonds is 12. The van der Waals surface area contributed by atoms with E-state index in [4.69, 9.17) is 0 Å². The van der Waals surface area contributed by atoms with Crippen molar-refractivity contribution in [2.24, 2.45) is 0 Å². The Hall–Kier alpha value is -1.06. The van der Waals surface area contributed by atoms with Crippen LogP contribution in [0, 0.1) is 0 Å². The summed E-state index contributed by atoms with van der Waals surface area (Å²) in [5, 5.41) is 0. The van der Waals surface area contributed by atoms with E-state index in [0.29, 0.717) is 25.9 Å². The summed E-state index contributed by atoms with van der Waals surface area (Å²) in [7, 11) is 0. The second kappa shape index (κ2) is 13.2. The molecule has 0 aromatic heterocycles. The lowest BCUT2D eigenvalue weighted by molar-refractivity contribution is -0.145. The minimum absolute atomic E-state index is 0.137. The summed E-state index contributed by atoms with van der Waals surface area (Å²) in [6.45, 7) is 9.97. The first-order chi connectivity index (χ1) is 12.5. The van der Waals surface area contributed by atoms with Gasteiger partial charge in [-0.25, -0.2) is 0 Å². The standard InChI is InChI=1S/C22H42N2O2/c1-5-7-9-11-13-15-21(25)23-17-20(4)24(18-19(23)3)22(26)16-14-12-10-8-6-2/h19-20H,5-18H2,1-4H3/t19-,20-/m1/s1. The summed E-state index contributed by atoms with van der Waals surface area (Å²) >= 11 is 0. The second-order valence-electron chi connectivity index (χ2n) is 8.12. The maximum Gasteiger partial charge on any atom is 0.222 e. The maximum atomic E-state index is 12.6. The molecule has 0 N–H and O–H groups in total. The van der Waals surface area contributed by atoms with Gasteiger partial charge in [-0.2, -0.15) is 0 Å². The Balaban J connectivity index is 2.35. The molecule has 1 heterocycles. The zero-order valence-electron chi connectivity index (χ0n) is 17.8. The van der Waals surface area contributed by atoms with E-state index in [1.54, 1.807) is 0 Å². The third-order valence-electron chi connectivity index (χ3n) is 5.62. The first kappa shape index (κ1) is 23.0. The number of piperazine rings is 1. The molecule has 1 rings (SSSR count). The molecular weight excluding hydrogens is 324 g/mol. The monoisotopic (exact) mass is 366 g/mol. The van der Waals surface area contributed by atoms with E-state index >= 15 is 0 Å². The number of hydrogen-bond donors (Lipinski definition) is 0. The van der Waals surface area contributed by atoms with Crippen LogP contribution in [0.5, 0.6) is 0 Å². The van der Waals surface area contributed by atoms with Crippen molar-refractivity contribution in [2.75, 3.05) is 13.1 Å². The Bertz CT molecular complexity index is 373. The smallest absolute Gasteiger partial charge is 0.222 e. The van der Waals surface area contributed by atoms with Gasteiger partial charge in [0.2, 0.25) is 11.8 Å². The Labute approximate surface area is 161 Å². The molecule has 0 spiro atoms. The average Bonchev–Trinajstić information content (AvgIpc) is 2.62. The van der Waals surface area contributed by atoms with Gasteiger partial charge in [0, 0.05) is 38.0 Å². The molecule has 4 heteroatoms. The van der Waals surface area contributed by atoms with Crippen LogP contribution in [0.4, 0.5) is 0 Å². The van der Waals surface area contributed by atoms with Gasteiger partial charge in [-0.3, -0.25) is 9.59 Å². The van der Waals surface area contributed by atoms with Gasteiger partial charge in [0.05, 0.1) is 0 Å². The minimum atomic E-state index is 0.137. The Morgan fingerprint density at radius 1 is 0.654 bits per heavy atom. The lowest BCUT2D eigenvalue weighted by Crippen LogP contribution is -2.59. The largest absolute Gasteiger partial charge is 0.336 e. The van der Waals surface area contributed by atoms with Crippen molar-refractivity contribution in [3.63, 3.8) is 0 Å². The van der Waals surface area contributed by atoms with Crippen molar-refractivity contribution in [1.29, 1.82) is 0 Å². The molecule has 2 atom stereocenters. The van der Waals surface area contributed by atoms with Gasteiger partial charge in [-0.15, -0.1) is 0 Å². The topological polar surface area (TPSA) is 40.6 Å². The van der Waals surface area contributed by atoms with Crippen molar-refractivity contribution in [3.8, 4) is 0 Å². The molecular formula is C22H42N2O2. The molecule has 0 saturated carbocycles. The fourth-order valence-corrected chi connectivity index (χ4v) is 3.87. The fraction of sp³-hybridized carbons (Fsp3) is 0.909. The SMILES string of the molecule is CCCCCCCC(=O)N1C[C@@H](C)N(C(=O)CCCCCCC)C[C@H]1C. The summed E-state index contributed by atoms with van der Waals surface area (Å²) < 4.78 is 0. The van der Waals surface area contributed by atoms with Crippen LogP contribution in [0.2, 0.25) is 0 Å². The summed E-state index contributed by atoms with van der Waals surface area (Å²) in [5.74, 6) is 0.542. The van der Waals surface area contributed by atoms with Crippen molar-refractivity contribution >= 4 is 11.8 Å². The van der Waals surface area contributed by atoms with E-state index in [0.717, 1.165) is 25.7 Å². The molecule has 2 amide bonds. The van der Waals surface area contributed by atoms with Crippen LogP contribution in [0.15, 0.2) is 0 Å². The first-order valence-corrected chi connectivity index (χ1v) is 11.1. The molecule has 26 heavy (non-hydrogen) atoms. The van der Waals surface area contributed by atoms with Crippen LogP contribution in [0.25, 0.3) is 0 Å². The lowest BCUT2D eigenvalue weighted by atomic mass is 10.0. The Kier molecular flexibility index (Phi) is 11.6. The van der Waals surface area contributed by atoms with Crippen LogP contribution in [0.3, 0.4) is 0 Å².